The molecule has 2 heterocycles. The zero-order valence-electron chi connectivity index (χ0n) is 24.8. The minimum absolute atomic E-state index is 0. The molecular formula is C33H46ClFN4O2. The lowest BCUT2D eigenvalue weighted by Crippen LogP contribution is -2.53. The molecule has 0 amide bonds. The van der Waals surface area contributed by atoms with Crippen LogP contribution in [0.25, 0.3) is 10.8 Å². The van der Waals surface area contributed by atoms with Crippen LogP contribution in [0.2, 0.25) is 0 Å². The fraction of sp³-hybridized carbons (Fsp3) is 0.515. The highest BCUT2D eigenvalue weighted by atomic mass is 35.5. The highest BCUT2D eigenvalue weighted by Crippen LogP contribution is 2.32. The van der Waals surface area contributed by atoms with E-state index in [1.807, 2.05) is 30.3 Å². The van der Waals surface area contributed by atoms with Crippen LogP contribution in [0.4, 0.5) is 4.39 Å². The Balaban J connectivity index is 0.00000387. The van der Waals surface area contributed by atoms with Gasteiger partial charge in [-0.2, -0.15) is 0 Å². The lowest BCUT2D eigenvalue weighted by molar-refractivity contribution is 0.0476. The summed E-state index contributed by atoms with van der Waals surface area (Å²) in [4.78, 5) is 10.3. The molecule has 41 heavy (non-hydrogen) atoms. The quantitative estimate of drug-likeness (QED) is 0.274. The average molecular weight is 585 g/mol. The molecule has 2 aliphatic rings. The van der Waals surface area contributed by atoms with Gasteiger partial charge in [-0.3, -0.25) is 14.7 Å². The number of halogens is 2. The Bertz CT molecular complexity index is 1210. The Morgan fingerprint density at radius 2 is 1.34 bits per heavy atom. The Kier molecular flexibility index (Phi) is 11.7. The number of piperazine rings is 2. The molecule has 0 saturated carbocycles. The van der Waals surface area contributed by atoms with Crippen molar-refractivity contribution >= 4 is 23.2 Å². The van der Waals surface area contributed by atoms with Crippen molar-refractivity contribution in [2.75, 3.05) is 79.2 Å². The summed E-state index contributed by atoms with van der Waals surface area (Å²) < 4.78 is 25.4. The van der Waals surface area contributed by atoms with E-state index in [0.29, 0.717) is 18.7 Å². The maximum absolute atomic E-state index is 13.7. The SMILES string of the molecule is COc1cc2ccccc2cc1OCCCN1CCN(CC(c2ccc(F)cc2)N2CCN(C(C)C)CC2)CC1.Cl. The van der Waals surface area contributed by atoms with Gasteiger partial charge in [0.2, 0.25) is 0 Å². The number of methoxy groups -OCH3 is 1. The Labute approximate surface area is 251 Å². The molecule has 1 atom stereocenters. The molecule has 0 spiro atoms. The van der Waals surface area contributed by atoms with E-state index in [0.717, 1.165) is 94.1 Å². The van der Waals surface area contributed by atoms with Gasteiger partial charge in [-0.1, -0.05) is 36.4 Å². The maximum atomic E-state index is 13.7. The molecule has 3 aromatic rings. The standard InChI is InChI=1S/C33H45FN4O2.ClH/c1-26(2)37-18-20-38(21-19-37)31(27-9-11-30(34)12-10-27)25-36-16-14-35(15-17-36)13-6-22-40-33-24-29-8-5-4-7-28(29)23-32(33)39-3;/h4-5,7-12,23-24,26,31H,6,13-22,25H2,1-3H3;1H. The number of nitrogens with zero attached hydrogens (tertiary/aromatic N) is 4. The van der Waals surface area contributed by atoms with Crippen molar-refractivity contribution in [2.45, 2.75) is 32.4 Å². The van der Waals surface area contributed by atoms with Gasteiger partial charge in [-0.25, -0.2) is 4.39 Å². The first-order valence-corrected chi connectivity index (χ1v) is 14.9. The third-order valence-electron chi connectivity index (χ3n) is 8.58. The molecule has 0 radical (unpaired) electrons. The number of rotatable bonds is 11. The van der Waals surface area contributed by atoms with Crippen LogP contribution in [0.1, 0.15) is 31.9 Å². The van der Waals surface area contributed by atoms with Crippen molar-refractivity contribution in [1.82, 2.24) is 19.6 Å². The molecule has 2 fully saturated rings. The van der Waals surface area contributed by atoms with Gasteiger partial charge in [0.25, 0.3) is 0 Å². The Hall–Kier alpha value is -2.42. The van der Waals surface area contributed by atoms with E-state index in [9.17, 15) is 4.39 Å². The first kappa shape index (κ1) is 31.5. The Morgan fingerprint density at radius 3 is 1.95 bits per heavy atom. The summed E-state index contributed by atoms with van der Waals surface area (Å²) in [6.07, 6.45) is 0.980. The molecule has 2 saturated heterocycles. The minimum atomic E-state index is -0.163. The summed E-state index contributed by atoms with van der Waals surface area (Å²) in [7, 11) is 1.70. The molecule has 6 nitrogen and oxygen atoms in total. The van der Waals surface area contributed by atoms with E-state index in [1.165, 1.54) is 5.56 Å². The van der Waals surface area contributed by atoms with Gasteiger partial charge in [0.15, 0.2) is 11.5 Å². The number of benzene rings is 3. The van der Waals surface area contributed by atoms with Crippen molar-refractivity contribution in [1.29, 1.82) is 0 Å². The topological polar surface area (TPSA) is 31.4 Å². The van der Waals surface area contributed by atoms with Crippen LogP contribution in [0.5, 0.6) is 11.5 Å². The van der Waals surface area contributed by atoms with E-state index in [2.05, 4.69) is 51.6 Å². The van der Waals surface area contributed by atoms with Gasteiger partial charge < -0.3 is 14.4 Å². The van der Waals surface area contributed by atoms with Crippen LogP contribution in [-0.4, -0.2) is 105 Å². The van der Waals surface area contributed by atoms with Gasteiger partial charge in [0, 0.05) is 77.5 Å². The number of hydrogen-bond donors (Lipinski definition) is 0. The molecule has 3 aromatic carbocycles. The van der Waals surface area contributed by atoms with Crippen molar-refractivity contribution < 1.29 is 13.9 Å². The summed E-state index contributed by atoms with van der Waals surface area (Å²) in [6, 6.07) is 20.5. The molecule has 0 aromatic heterocycles. The second kappa shape index (κ2) is 15.2. The van der Waals surface area contributed by atoms with E-state index in [4.69, 9.17) is 9.47 Å². The van der Waals surface area contributed by atoms with E-state index in [1.54, 1.807) is 19.2 Å². The predicted molar refractivity (Wildman–Crippen MR) is 168 cm³/mol. The average Bonchev–Trinajstić information content (AvgIpc) is 2.99. The van der Waals surface area contributed by atoms with Gasteiger partial charge in [-0.05, 0) is 60.9 Å². The summed E-state index contributed by atoms with van der Waals surface area (Å²) in [5, 5.41) is 2.32. The highest BCUT2D eigenvalue weighted by Gasteiger charge is 2.29. The van der Waals surface area contributed by atoms with Crippen LogP contribution in [0, 0.1) is 5.82 Å². The van der Waals surface area contributed by atoms with E-state index >= 15 is 0 Å². The second-order valence-corrected chi connectivity index (χ2v) is 11.4. The minimum Gasteiger partial charge on any atom is -0.493 e. The molecule has 0 bridgehead atoms. The van der Waals surface area contributed by atoms with Gasteiger partial charge in [0.05, 0.1) is 13.7 Å². The van der Waals surface area contributed by atoms with Crippen LogP contribution in [0.3, 0.4) is 0 Å². The largest absolute Gasteiger partial charge is 0.493 e. The zero-order chi connectivity index (χ0) is 27.9. The molecule has 5 rings (SSSR count). The fourth-order valence-electron chi connectivity index (χ4n) is 6.06. The first-order valence-electron chi connectivity index (χ1n) is 14.9. The van der Waals surface area contributed by atoms with Gasteiger partial charge in [-0.15, -0.1) is 12.4 Å². The summed E-state index contributed by atoms with van der Waals surface area (Å²) in [5.74, 6) is 1.43. The monoisotopic (exact) mass is 584 g/mol. The van der Waals surface area contributed by atoms with Gasteiger partial charge >= 0.3 is 0 Å². The second-order valence-electron chi connectivity index (χ2n) is 11.4. The van der Waals surface area contributed by atoms with Crippen LogP contribution < -0.4 is 9.47 Å². The lowest BCUT2D eigenvalue weighted by atomic mass is 10.0. The predicted octanol–water partition coefficient (Wildman–Crippen LogP) is 5.56. The Morgan fingerprint density at radius 1 is 0.756 bits per heavy atom. The molecular weight excluding hydrogens is 539 g/mol. The van der Waals surface area contributed by atoms with Crippen molar-refractivity contribution in [3.63, 3.8) is 0 Å². The van der Waals surface area contributed by atoms with Crippen LogP contribution >= 0.6 is 12.4 Å². The lowest BCUT2D eigenvalue weighted by Gasteiger charge is -2.43. The first-order chi connectivity index (χ1) is 19.5. The molecule has 0 aliphatic carbocycles. The van der Waals surface area contributed by atoms with Crippen LogP contribution in [-0.2, 0) is 0 Å². The van der Waals surface area contributed by atoms with E-state index in [-0.39, 0.29) is 18.2 Å². The highest BCUT2D eigenvalue weighted by molar-refractivity contribution is 5.86. The molecule has 224 valence electrons. The summed E-state index contributed by atoms with van der Waals surface area (Å²) in [6.45, 7) is 15.8. The zero-order valence-corrected chi connectivity index (χ0v) is 25.6. The van der Waals surface area contributed by atoms with Crippen molar-refractivity contribution in [3.05, 3.63) is 72.0 Å². The van der Waals surface area contributed by atoms with E-state index < -0.39 is 0 Å². The molecule has 1 unspecified atom stereocenters. The fourth-order valence-corrected chi connectivity index (χ4v) is 6.06. The van der Waals surface area contributed by atoms with Crippen molar-refractivity contribution in [3.8, 4) is 11.5 Å². The normalized spacial score (nSPS) is 18.4. The summed E-state index contributed by atoms with van der Waals surface area (Å²) in [5.41, 5.74) is 1.23. The third-order valence-corrected chi connectivity index (χ3v) is 8.58. The number of fused-ring (bicyclic) bond motifs is 1. The smallest absolute Gasteiger partial charge is 0.161 e. The number of ether oxygens (including phenoxy) is 2. The third kappa shape index (κ3) is 8.33. The molecule has 2 aliphatic heterocycles. The van der Waals surface area contributed by atoms with Crippen molar-refractivity contribution in [2.24, 2.45) is 0 Å². The molecule has 8 heteroatoms. The number of hydrogen-bond acceptors (Lipinski definition) is 6. The summed E-state index contributed by atoms with van der Waals surface area (Å²) >= 11 is 0. The van der Waals surface area contributed by atoms with Gasteiger partial charge in [0.1, 0.15) is 5.82 Å². The molecule has 0 N–H and O–H groups in total. The van der Waals surface area contributed by atoms with Crippen LogP contribution in [0.15, 0.2) is 60.7 Å². The maximum Gasteiger partial charge on any atom is 0.161 e.